The van der Waals surface area contributed by atoms with Crippen molar-refractivity contribution in [2.45, 2.75) is 25.4 Å². The van der Waals surface area contributed by atoms with Gasteiger partial charge in [-0.1, -0.05) is 18.2 Å². The van der Waals surface area contributed by atoms with Gasteiger partial charge in [0.15, 0.2) is 0 Å². The Balaban J connectivity index is 2.48. The Morgan fingerprint density at radius 3 is 2.73 bits per heavy atom. The largest absolute Gasteiger partial charge is 0.395 e. The van der Waals surface area contributed by atoms with Crippen molar-refractivity contribution in [3.05, 3.63) is 29.3 Å². The normalized spacial score (nSPS) is 20.7. The van der Waals surface area contributed by atoms with Crippen molar-refractivity contribution in [3.63, 3.8) is 0 Å². The number of hydrogen-bond donors (Lipinski definition) is 1. The van der Waals surface area contributed by atoms with E-state index in [0.29, 0.717) is 17.8 Å². The molecular formula is C11H12F3N. The topological polar surface area (TPSA) is 12.0 Å². The Bertz CT molecular complexity index is 371. The van der Waals surface area contributed by atoms with Gasteiger partial charge >= 0.3 is 6.18 Å². The molecule has 0 spiro atoms. The Labute approximate surface area is 86.3 Å². The van der Waals surface area contributed by atoms with E-state index in [9.17, 15) is 13.2 Å². The third-order valence-electron chi connectivity index (χ3n) is 2.81. The number of nitrogens with one attached hydrogen (secondary N) is 1. The van der Waals surface area contributed by atoms with Crippen LogP contribution in [0.15, 0.2) is 18.2 Å². The molecule has 0 fully saturated rings. The summed E-state index contributed by atoms with van der Waals surface area (Å²) in [5, 5.41) is 3.03. The highest BCUT2D eigenvalue weighted by molar-refractivity contribution is 5.60. The summed E-state index contributed by atoms with van der Waals surface area (Å²) < 4.78 is 38.2. The molecule has 2 rings (SSSR count). The van der Waals surface area contributed by atoms with Crippen LogP contribution in [0, 0.1) is 6.92 Å². The van der Waals surface area contributed by atoms with Crippen molar-refractivity contribution in [2.75, 3.05) is 11.9 Å². The third-order valence-corrected chi connectivity index (χ3v) is 2.81. The van der Waals surface area contributed by atoms with Crippen molar-refractivity contribution in [3.8, 4) is 0 Å². The summed E-state index contributed by atoms with van der Waals surface area (Å²) in [6.07, 6.45) is -4.01. The molecule has 4 heteroatoms. The van der Waals surface area contributed by atoms with Crippen molar-refractivity contribution in [1.82, 2.24) is 0 Å². The van der Waals surface area contributed by atoms with E-state index in [1.54, 1.807) is 12.1 Å². The summed E-state index contributed by atoms with van der Waals surface area (Å²) in [4.78, 5) is 0. The molecule has 1 aromatic carbocycles. The van der Waals surface area contributed by atoms with Crippen molar-refractivity contribution in [2.24, 2.45) is 0 Å². The molecule has 1 aliphatic heterocycles. The van der Waals surface area contributed by atoms with Crippen LogP contribution in [0.1, 0.15) is 23.5 Å². The summed E-state index contributed by atoms with van der Waals surface area (Å²) in [5.74, 6) is -1.31. The fraction of sp³-hybridized carbons (Fsp3) is 0.455. The maximum absolute atomic E-state index is 12.7. The van der Waals surface area contributed by atoms with Crippen LogP contribution >= 0.6 is 0 Å². The lowest BCUT2D eigenvalue weighted by molar-refractivity contribution is -0.151. The first-order valence-corrected chi connectivity index (χ1v) is 4.90. The molecule has 1 aliphatic rings. The van der Waals surface area contributed by atoms with E-state index < -0.39 is 12.1 Å². The first-order chi connectivity index (χ1) is 7.00. The summed E-state index contributed by atoms with van der Waals surface area (Å²) in [6, 6.07) is 5.07. The Kier molecular flexibility index (Phi) is 2.37. The summed E-state index contributed by atoms with van der Waals surface area (Å²) >= 11 is 0. The summed E-state index contributed by atoms with van der Waals surface area (Å²) in [5.41, 5.74) is 1.92. The van der Waals surface area contributed by atoms with E-state index in [1.165, 1.54) is 0 Å². The number of para-hydroxylation sites is 1. The van der Waals surface area contributed by atoms with Gasteiger partial charge in [-0.3, -0.25) is 0 Å². The SMILES string of the molecule is Cc1cccc2c1NCCC2C(F)(F)F. The smallest absolute Gasteiger partial charge is 0.385 e. The summed E-state index contributed by atoms with van der Waals surface area (Å²) in [7, 11) is 0. The molecule has 1 nitrogen and oxygen atoms in total. The molecular weight excluding hydrogens is 203 g/mol. The average Bonchev–Trinajstić information content (AvgIpc) is 2.16. The molecule has 1 N–H and O–H groups in total. The van der Waals surface area contributed by atoms with E-state index in [-0.39, 0.29) is 6.42 Å². The van der Waals surface area contributed by atoms with Crippen molar-refractivity contribution >= 4 is 5.69 Å². The number of hydrogen-bond acceptors (Lipinski definition) is 1. The third kappa shape index (κ3) is 1.80. The molecule has 0 aromatic heterocycles. The first-order valence-electron chi connectivity index (χ1n) is 4.90. The molecule has 82 valence electrons. The second kappa shape index (κ2) is 3.43. The van der Waals surface area contributed by atoms with E-state index in [0.717, 1.165) is 5.56 Å². The Hall–Kier alpha value is -1.19. The van der Waals surface area contributed by atoms with Gasteiger partial charge in [-0.2, -0.15) is 13.2 Å². The second-order valence-electron chi connectivity index (χ2n) is 3.85. The zero-order chi connectivity index (χ0) is 11.1. The highest BCUT2D eigenvalue weighted by Gasteiger charge is 2.42. The lowest BCUT2D eigenvalue weighted by atomic mass is 9.89. The van der Waals surface area contributed by atoms with Gasteiger partial charge in [-0.05, 0) is 24.5 Å². The molecule has 0 saturated heterocycles. The molecule has 0 bridgehead atoms. The monoisotopic (exact) mass is 215 g/mol. The van der Waals surface area contributed by atoms with Crippen LogP contribution in [-0.2, 0) is 0 Å². The molecule has 15 heavy (non-hydrogen) atoms. The summed E-state index contributed by atoms with van der Waals surface area (Å²) in [6.45, 7) is 2.21. The van der Waals surface area contributed by atoms with Gasteiger partial charge in [0.2, 0.25) is 0 Å². The van der Waals surface area contributed by atoms with E-state index in [4.69, 9.17) is 0 Å². The molecule has 1 unspecified atom stereocenters. The van der Waals surface area contributed by atoms with Crippen LogP contribution in [0.25, 0.3) is 0 Å². The minimum atomic E-state index is -4.13. The Morgan fingerprint density at radius 2 is 2.07 bits per heavy atom. The van der Waals surface area contributed by atoms with Gasteiger partial charge in [0, 0.05) is 12.2 Å². The molecule has 1 heterocycles. The van der Waals surface area contributed by atoms with Gasteiger partial charge < -0.3 is 5.32 Å². The molecule has 0 amide bonds. The predicted molar refractivity (Wildman–Crippen MR) is 53.1 cm³/mol. The number of benzene rings is 1. The number of halogens is 3. The average molecular weight is 215 g/mol. The van der Waals surface area contributed by atoms with Gasteiger partial charge in [0.1, 0.15) is 0 Å². The van der Waals surface area contributed by atoms with Crippen LogP contribution in [0.3, 0.4) is 0 Å². The van der Waals surface area contributed by atoms with Gasteiger partial charge in [0.05, 0.1) is 5.92 Å². The quantitative estimate of drug-likeness (QED) is 0.698. The van der Waals surface area contributed by atoms with Crippen LogP contribution in [0.5, 0.6) is 0 Å². The molecule has 0 saturated carbocycles. The molecule has 1 aromatic rings. The fourth-order valence-corrected chi connectivity index (χ4v) is 2.06. The minimum absolute atomic E-state index is 0.125. The van der Waals surface area contributed by atoms with Crippen LogP contribution in [0.2, 0.25) is 0 Å². The Morgan fingerprint density at radius 1 is 1.33 bits per heavy atom. The van der Waals surface area contributed by atoms with E-state index in [1.807, 2.05) is 13.0 Å². The predicted octanol–water partition coefficient (Wildman–Crippen LogP) is 3.46. The van der Waals surface area contributed by atoms with Gasteiger partial charge in [0.25, 0.3) is 0 Å². The van der Waals surface area contributed by atoms with E-state index in [2.05, 4.69) is 5.32 Å². The van der Waals surface area contributed by atoms with Crippen molar-refractivity contribution < 1.29 is 13.2 Å². The highest BCUT2D eigenvalue weighted by Crippen LogP contribution is 2.43. The maximum atomic E-state index is 12.7. The maximum Gasteiger partial charge on any atom is 0.395 e. The lowest BCUT2D eigenvalue weighted by Gasteiger charge is -2.29. The second-order valence-corrected chi connectivity index (χ2v) is 3.85. The van der Waals surface area contributed by atoms with Crippen LogP contribution < -0.4 is 5.32 Å². The van der Waals surface area contributed by atoms with Gasteiger partial charge in [-0.25, -0.2) is 0 Å². The van der Waals surface area contributed by atoms with Crippen molar-refractivity contribution in [1.29, 1.82) is 0 Å². The minimum Gasteiger partial charge on any atom is -0.385 e. The van der Waals surface area contributed by atoms with Gasteiger partial charge in [-0.15, -0.1) is 0 Å². The number of aryl methyl sites for hydroxylation is 1. The molecule has 1 atom stereocenters. The van der Waals surface area contributed by atoms with Crippen LogP contribution in [-0.4, -0.2) is 12.7 Å². The molecule has 0 radical (unpaired) electrons. The molecule has 0 aliphatic carbocycles. The lowest BCUT2D eigenvalue weighted by Crippen LogP contribution is -2.28. The number of rotatable bonds is 0. The first kappa shape index (κ1) is 10.3. The highest BCUT2D eigenvalue weighted by atomic mass is 19.4. The fourth-order valence-electron chi connectivity index (χ4n) is 2.06. The number of alkyl halides is 3. The van der Waals surface area contributed by atoms with E-state index >= 15 is 0 Å². The number of fused-ring (bicyclic) bond motifs is 1. The van der Waals surface area contributed by atoms with Crippen LogP contribution in [0.4, 0.5) is 18.9 Å². The standard InChI is InChI=1S/C11H12F3N/c1-7-3-2-4-8-9(11(12,13)14)5-6-15-10(7)8/h2-4,9,15H,5-6H2,1H3. The number of anilines is 1. The zero-order valence-corrected chi connectivity index (χ0v) is 8.36. The zero-order valence-electron chi connectivity index (χ0n) is 8.36.